The molecule has 0 aromatic heterocycles. The van der Waals surface area contributed by atoms with Crippen molar-refractivity contribution in [2.45, 2.75) is 18.5 Å². The fraction of sp³-hybridized carbons (Fsp3) is 0.833. The van der Waals surface area contributed by atoms with E-state index < -0.39 is 13.4 Å². The molecular formula is C6H12BNO4S. The van der Waals surface area contributed by atoms with E-state index in [0.717, 1.165) is 0 Å². The molecule has 2 unspecified atom stereocenters. The second-order valence-corrected chi connectivity index (χ2v) is 3.55. The Labute approximate surface area is 82.3 Å². The van der Waals surface area contributed by atoms with E-state index in [0.29, 0.717) is 0 Å². The molecule has 1 aliphatic rings. The van der Waals surface area contributed by atoms with Gasteiger partial charge >= 0.3 is 7.12 Å². The quantitative estimate of drug-likeness (QED) is 0.400. The summed E-state index contributed by atoms with van der Waals surface area (Å²) < 4.78 is 9.87. The number of rotatable bonds is 3. The van der Waals surface area contributed by atoms with E-state index in [2.05, 4.69) is 17.9 Å². The molecule has 0 bridgehead atoms. The Morgan fingerprint density at radius 2 is 2.62 bits per heavy atom. The van der Waals surface area contributed by atoms with Crippen LogP contribution in [0.2, 0.25) is 0 Å². The lowest BCUT2D eigenvalue weighted by molar-refractivity contribution is -0.120. The summed E-state index contributed by atoms with van der Waals surface area (Å²) >= 11 is 3.94. The standard InChI is InChI=1S/C6H12BNO4S/c1-4(13)6(10)8-3-7-11-2-5(9)12-7/h4-5,9,13H,2-3H2,1H3,(H,8,10). The monoisotopic (exact) mass is 205 g/mol. The molecular weight excluding hydrogens is 193 g/mol. The van der Waals surface area contributed by atoms with Crippen LogP contribution in [0.15, 0.2) is 0 Å². The van der Waals surface area contributed by atoms with Gasteiger partial charge in [-0.1, -0.05) is 0 Å². The number of aliphatic hydroxyl groups excluding tert-OH is 1. The van der Waals surface area contributed by atoms with Gasteiger partial charge in [0.1, 0.15) is 0 Å². The third-order valence-corrected chi connectivity index (χ3v) is 1.79. The van der Waals surface area contributed by atoms with Crippen molar-refractivity contribution >= 4 is 25.7 Å². The first-order valence-corrected chi connectivity index (χ1v) is 4.52. The average molecular weight is 205 g/mol. The minimum absolute atomic E-state index is 0.150. The number of carbonyl (C=O) groups is 1. The van der Waals surface area contributed by atoms with Crippen LogP contribution in [-0.4, -0.2) is 42.7 Å². The molecule has 0 aliphatic carbocycles. The van der Waals surface area contributed by atoms with Gasteiger partial charge in [0.15, 0.2) is 6.29 Å². The molecule has 2 N–H and O–H groups in total. The molecule has 1 rings (SSSR count). The van der Waals surface area contributed by atoms with Crippen molar-refractivity contribution in [1.82, 2.24) is 5.32 Å². The van der Waals surface area contributed by atoms with Gasteiger partial charge in [0.2, 0.25) is 5.91 Å². The van der Waals surface area contributed by atoms with Gasteiger partial charge in [0, 0.05) is 0 Å². The van der Waals surface area contributed by atoms with Crippen LogP contribution >= 0.6 is 12.6 Å². The zero-order chi connectivity index (χ0) is 9.84. The van der Waals surface area contributed by atoms with Gasteiger partial charge in [0.05, 0.1) is 18.3 Å². The third-order valence-electron chi connectivity index (χ3n) is 1.56. The number of nitrogens with one attached hydrogen (secondary N) is 1. The van der Waals surface area contributed by atoms with E-state index in [4.69, 9.17) is 14.4 Å². The van der Waals surface area contributed by atoms with Crippen LogP contribution in [0.5, 0.6) is 0 Å². The number of hydrogen-bond acceptors (Lipinski definition) is 5. The molecule has 1 saturated heterocycles. The van der Waals surface area contributed by atoms with E-state index in [-0.39, 0.29) is 24.2 Å². The Balaban J connectivity index is 2.16. The summed E-state index contributed by atoms with van der Waals surface area (Å²) in [4.78, 5) is 11.0. The smallest absolute Gasteiger partial charge is 0.405 e. The Bertz CT molecular complexity index is 191. The highest BCUT2D eigenvalue weighted by Crippen LogP contribution is 2.04. The highest BCUT2D eigenvalue weighted by atomic mass is 32.1. The van der Waals surface area contributed by atoms with Crippen LogP contribution in [0.3, 0.4) is 0 Å². The maximum Gasteiger partial charge on any atom is 0.479 e. The second-order valence-electron chi connectivity index (χ2n) is 2.77. The zero-order valence-electron chi connectivity index (χ0n) is 7.27. The Morgan fingerprint density at radius 1 is 1.92 bits per heavy atom. The predicted octanol–water partition coefficient (Wildman–Crippen LogP) is -1.19. The predicted molar refractivity (Wildman–Crippen MR) is 50.3 cm³/mol. The minimum Gasteiger partial charge on any atom is -0.405 e. The maximum absolute atomic E-state index is 11.0. The summed E-state index contributed by atoms with van der Waals surface area (Å²) in [6.45, 7) is 1.82. The molecule has 0 aromatic carbocycles. The fourth-order valence-electron chi connectivity index (χ4n) is 0.882. The highest BCUT2D eigenvalue weighted by Gasteiger charge is 2.30. The summed E-state index contributed by atoms with van der Waals surface area (Å²) in [5.41, 5.74) is 0. The van der Waals surface area contributed by atoms with Gasteiger partial charge in [-0.15, -0.1) is 0 Å². The van der Waals surface area contributed by atoms with Crippen molar-refractivity contribution in [3.8, 4) is 0 Å². The van der Waals surface area contributed by atoms with Gasteiger partial charge in [-0.2, -0.15) is 12.6 Å². The molecule has 0 radical (unpaired) electrons. The van der Waals surface area contributed by atoms with Gasteiger partial charge in [-0.25, -0.2) is 0 Å². The minimum atomic E-state index is -0.879. The summed E-state index contributed by atoms with van der Waals surface area (Å²) in [6.07, 6.45) is -0.642. The lowest BCUT2D eigenvalue weighted by atomic mass is 9.91. The van der Waals surface area contributed by atoms with Crippen LogP contribution in [0.25, 0.3) is 0 Å². The van der Waals surface area contributed by atoms with Crippen LogP contribution in [0, 0.1) is 0 Å². The van der Waals surface area contributed by atoms with Crippen LogP contribution in [0.4, 0.5) is 0 Å². The first-order valence-electron chi connectivity index (χ1n) is 4.00. The number of amides is 1. The van der Waals surface area contributed by atoms with Gasteiger partial charge in [0.25, 0.3) is 0 Å². The molecule has 1 heterocycles. The summed E-state index contributed by atoms with van der Waals surface area (Å²) in [5, 5.41) is 11.1. The van der Waals surface area contributed by atoms with Crippen molar-refractivity contribution in [2.24, 2.45) is 0 Å². The Kier molecular flexibility index (Phi) is 4.05. The number of hydrogen-bond donors (Lipinski definition) is 3. The molecule has 1 aliphatic heterocycles. The van der Waals surface area contributed by atoms with Gasteiger partial charge in [-0.3, -0.25) is 4.79 Å². The normalized spacial score (nSPS) is 24.5. The molecule has 0 spiro atoms. The first-order chi connectivity index (χ1) is 6.09. The average Bonchev–Trinajstić information content (AvgIpc) is 2.47. The molecule has 2 atom stereocenters. The molecule has 13 heavy (non-hydrogen) atoms. The topological polar surface area (TPSA) is 67.8 Å². The fourth-order valence-corrected chi connectivity index (χ4v) is 0.973. The van der Waals surface area contributed by atoms with Gasteiger partial charge in [-0.05, 0) is 6.92 Å². The lowest BCUT2D eigenvalue weighted by Gasteiger charge is -2.08. The molecule has 74 valence electrons. The van der Waals surface area contributed by atoms with Crippen molar-refractivity contribution in [1.29, 1.82) is 0 Å². The molecule has 5 nitrogen and oxygen atoms in total. The number of thiol groups is 1. The Hall–Kier alpha value is -0.235. The molecule has 7 heteroatoms. The van der Waals surface area contributed by atoms with E-state index in [1.165, 1.54) is 0 Å². The summed E-state index contributed by atoms with van der Waals surface area (Å²) in [7, 11) is -0.550. The van der Waals surface area contributed by atoms with E-state index in [1.807, 2.05) is 0 Å². The van der Waals surface area contributed by atoms with Crippen LogP contribution in [-0.2, 0) is 14.1 Å². The van der Waals surface area contributed by atoms with Crippen molar-refractivity contribution in [3.63, 3.8) is 0 Å². The van der Waals surface area contributed by atoms with E-state index >= 15 is 0 Å². The maximum atomic E-state index is 11.0. The molecule has 1 amide bonds. The highest BCUT2D eigenvalue weighted by molar-refractivity contribution is 7.81. The summed E-state index contributed by atoms with van der Waals surface area (Å²) in [5.74, 6) is -0.183. The molecule has 0 aromatic rings. The van der Waals surface area contributed by atoms with Crippen molar-refractivity contribution in [3.05, 3.63) is 0 Å². The first kappa shape index (κ1) is 10.8. The van der Waals surface area contributed by atoms with Crippen LogP contribution < -0.4 is 5.32 Å². The van der Waals surface area contributed by atoms with Crippen molar-refractivity contribution in [2.75, 3.05) is 13.1 Å². The second kappa shape index (κ2) is 4.85. The zero-order valence-corrected chi connectivity index (χ0v) is 8.16. The molecule has 1 fully saturated rings. The van der Waals surface area contributed by atoms with E-state index in [9.17, 15) is 4.79 Å². The SMILES string of the molecule is CC(S)C(=O)NCB1OCC(O)O1. The Morgan fingerprint density at radius 3 is 3.08 bits per heavy atom. The van der Waals surface area contributed by atoms with Gasteiger partial charge < -0.3 is 19.7 Å². The number of carbonyl (C=O) groups excluding carboxylic acids is 1. The number of aliphatic hydroxyl groups is 1. The molecule has 0 saturated carbocycles. The van der Waals surface area contributed by atoms with E-state index in [1.54, 1.807) is 6.92 Å². The summed E-state index contributed by atoms with van der Waals surface area (Å²) in [6, 6.07) is 0. The van der Waals surface area contributed by atoms with Crippen LogP contribution in [0.1, 0.15) is 6.92 Å². The lowest BCUT2D eigenvalue weighted by Crippen LogP contribution is -2.39. The largest absolute Gasteiger partial charge is 0.479 e. The third kappa shape index (κ3) is 3.55. The van der Waals surface area contributed by atoms with Crippen molar-refractivity contribution < 1.29 is 19.2 Å².